The Morgan fingerprint density at radius 3 is 2.80 bits per heavy atom. The smallest absolute Gasteiger partial charge is 0.161 e. The lowest BCUT2D eigenvalue weighted by atomic mass is 9.76. The number of nitrogens with two attached hydrogens (primary N) is 1. The van der Waals surface area contributed by atoms with Crippen LogP contribution in [0.15, 0.2) is 0 Å². The van der Waals surface area contributed by atoms with Crippen LogP contribution < -0.4 is 5.73 Å². The zero-order valence-corrected chi connectivity index (χ0v) is 9.71. The molecule has 1 fully saturated rings. The van der Waals surface area contributed by atoms with Gasteiger partial charge in [-0.2, -0.15) is 0 Å². The zero-order chi connectivity index (χ0) is 11.1. The fourth-order valence-corrected chi connectivity index (χ4v) is 2.48. The lowest BCUT2D eigenvalue weighted by molar-refractivity contribution is -0.130. The maximum absolute atomic E-state index is 11.9. The fourth-order valence-electron chi connectivity index (χ4n) is 2.48. The molecule has 1 saturated carbocycles. The highest BCUT2D eigenvalue weighted by atomic mass is 16.5. The molecule has 3 heteroatoms. The van der Waals surface area contributed by atoms with E-state index in [4.69, 9.17) is 10.5 Å². The first-order valence-electron chi connectivity index (χ1n) is 6.10. The summed E-state index contributed by atoms with van der Waals surface area (Å²) in [6, 6.07) is 0. The molecule has 1 aliphatic carbocycles. The predicted molar refractivity (Wildman–Crippen MR) is 60.6 cm³/mol. The highest BCUT2D eigenvalue weighted by Gasteiger charge is 2.29. The van der Waals surface area contributed by atoms with Crippen molar-refractivity contribution >= 4 is 5.78 Å². The third-order valence-corrected chi connectivity index (χ3v) is 3.35. The number of hydrogen-bond donors (Lipinski definition) is 1. The normalized spacial score (nSPS) is 26.5. The molecule has 0 aromatic rings. The molecule has 0 bridgehead atoms. The summed E-state index contributed by atoms with van der Waals surface area (Å²) in [7, 11) is 0. The van der Waals surface area contributed by atoms with Gasteiger partial charge in [-0.05, 0) is 18.8 Å². The van der Waals surface area contributed by atoms with Crippen LogP contribution in [0.3, 0.4) is 0 Å². The number of carbonyl (C=O) groups is 1. The van der Waals surface area contributed by atoms with E-state index in [0.29, 0.717) is 19.1 Å². The standard InChI is InChI=1S/C12H23NO2/c1-2-10-5-3-4-6-11(10)12(14)9-15-8-7-13/h10-11H,2-9,13H2,1H3. The second-order valence-corrected chi connectivity index (χ2v) is 4.37. The van der Waals surface area contributed by atoms with E-state index >= 15 is 0 Å². The van der Waals surface area contributed by atoms with Crippen LogP contribution in [0.5, 0.6) is 0 Å². The molecule has 2 atom stereocenters. The SMILES string of the molecule is CCC1CCCCC1C(=O)COCCN. The van der Waals surface area contributed by atoms with Gasteiger partial charge in [0.2, 0.25) is 0 Å². The zero-order valence-electron chi connectivity index (χ0n) is 9.71. The van der Waals surface area contributed by atoms with Crippen LogP contribution >= 0.6 is 0 Å². The van der Waals surface area contributed by atoms with E-state index in [1.807, 2.05) is 0 Å². The summed E-state index contributed by atoms with van der Waals surface area (Å²) in [6.45, 7) is 3.43. The van der Waals surface area contributed by atoms with E-state index in [9.17, 15) is 4.79 Å². The number of ether oxygens (including phenoxy) is 1. The highest BCUT2D eigenvalue weighted by Crippen LogP contribution is 2.32. The van der Waals surface area contributed by atoms with Gasteiger partial charge < -0.3 is 10.5 Å². The second kappa shape index (κ2) is 6.96. The van der Waals surface area contributed by atoms with Crippen LogP contribution in [0.1, 0.15) is 39.0 Å². The van der Waals surface area contributed by atoms with Crippen molar-refractivity contribution in [1.82, 2.24) is 0 Å². The van der Waals surface area contributed by atoms with Gasteiger partial charge in [-0.1, -0.05) is 26.2 Å². The number of hydrogen-bond acceptors (Lipinski definition) is 3. The fraction of sp³-hybridized carbons (Fsp3) is 0.917. The molecule has 0 saturated heterocycles. The lowest BCUT2D eigenvalue weighted by Crippen LogP contribution is -2.30. The topological polar surface area (TPSA) is 52.3 Å². The van der Waals surface area contributed by atoms with Crippen molar-refractivity contribution in [3.05, 3.63) is 0 Å². The summed E-state index contributed by atoms with van der Waals surface area (Å²) in [4.78, 5) is 11.9. The Balaban J connectivity index is 2.34. The summed E-state index contributed by atoms with van der Waals surface area (Å²) in [5.74, 6) is 1.13. The highest BCUT2D eigenvalue weighted by molar-refractivity contribution is 5.82. The Morgan fingerprint density at radius 2 is 2.13 bits per heavy atom. The molecule has 1 aliphatic rings. The van der Waals surface area contributed by atoms with Gasteiger partial charge in [0.1, 0.15) is 6.61 Å². The average Bonchev–Trinajstić information content (AvgIpc) is 2.29. The number of carbonyl (C=O) groups excluding carboxylic acids is 1. The number of Topliss-reactive ketones (excluding diaryl/α,β-unsaturated/α-hetero) is 1. The Kier molecular flexibility index (Phi) is 5.88. The van der Waals surface area contributed by atoms with Gasteiger partial charge in [-0.3, -0.25) is 4.79 Å². The molecule has 0 radical (unpaired) electrons. The quantitative estimate of drug-likeness (QED) is 0.684. The van der Waals surface area contributed by atoms with Crippen molar-refractivity contribution in [2.45, 2.75) is 39.0 Å². The second-order valence-electron chi connectivity index (χ2n) is 4.37. The summed E-state index contributed by atoms with van der Waals surface area (Å²) < 4.78 is 5.22. The number of rotatable bonds is 6. The first-order chi connectivity index (χ1) is 7.29. The molecule has 0 spiro atoms. The Bertz CT molecular complexity index is 194. The molecule has 0 aliphatic heterocycles. The van der Waals surface area contributed by atoms with E-state index in [1.165, 1.54) is 19.3 Å². The summed E-state index contributed by atoms with van der Waals surface area (Å²) in [5, 5.41) is 0. The van der Waals surface area contributed by atoms with Crippen LogP contribution in [0.4, 0.5) is 0 Å². The summed E-state index contributed by atoms with van der Waals surface area (Å²) in [5.41, 5.74) is 5.31. The summed E-state index contributed by atoms with van der Waals surface area (Å²) in [6.07, 6.45) is 5.87. The minimum Gasteiger partial charge on any atom is -0.372 e. The van der Waals surface area contributed by atoms with Gasteiger partial charge in [0.05, 0.1) is 6.61 Å². The lowest BCUT2D eigenvalue weighted by Gasteiger charge is -2.29. The van der Waals surface area contributed by atoms with Gasteiger partial charge in [0.25, 0.3) is 0 Å². The van der Waals surface area contributed by atoms with Crippen molar-refractivity contribution in [2.75, 3.05) is 19.8 Å². The minimum absolute atomic E-state index is 0.251. The molecular formula is C12H23NO2. The monoisotopic (exact) mass is 213 g/mol. The molecule has 1 rings (SSSR count). The van der Waals surface area contributed by atoms with E-state index in [-0.39, 0.29) is 18.3 Å². The Hall–Kier alpha value is -0.410. The van der Waals surface area contributed by atoms with Crippen LogP contribution in [0.25, 0.3) is 0 Å². The predicted octanol–water partition coefficient (Wildman–Crippen LogP) is 1.75. The largest absolute Gasteiger partial charge is 0.372 e. The molecule has 2 unspecified atom stereocenters. The summed E-state index contributed by atoms with van der Waals surface area (Å²) >= 11 is 0. The van der Waals surface area contributed by atoms with E-state index < -0.39 is 0 Å². The first kappa shape index (κ1) is 12.7. The van der Waals surface area contributed by atoms with E-state index in [1.54, 1.807) is 0 Å². The first-order valence-corrected chi connectivity index (χ1v) is 6.10. The molecule has 0 amide bonds. The van der Waals surface area contributed by atoms with Gasteiger partial charge in [0, 0.05) is 12.5 Å². The maximum atomic E-state index is 11.9. The molecule has 0 heterocycles. The molecule has 0 aromatic heterocycles. The van der Waals surface area contributed by atoms with Crippen LogP contribution in [-0.4, -0.2) is 25.5 Å². The van der Waals surface area contributed by atoms with Gasteiger partial charge in [-0.15, -0.1) is 0 Å². The molecule has 88 valence electrons. The molecule has 3 nitrogen and oxygen atoms in total. The van der Waals surface area contributed by atoms with Gasteiger partial charge in [-0.25, -0.2) is 0 Å². The average molecular weight is 213 g/mol. The van der Waals surface area contributed by atoms with E-state index in [2.05, 4.69) is 6.92 Å². The van der Waals surface area contributed by atoms with Crippen molar-refractivity contribution < 1.29 is 9.53 Å². The molecular weight excluding hydrogens is 190 g/mol. The van der Waals surface area contributed by atoms with E-state index in [0.717, 1.165) is 12.8 Å². The maximum Gasteiger partial charge on any atom is 0.161 e. The molecule has 0 aromatic carbocycles. The van der Waals surface area contributed by atoms with Gasteiger partial charge in [0.15, 0.2) is 5.78 Å². The van der Waals surface area contributed by atoms with Crippen LogP contribution in [-0.2, 0) is 9.53 Å². The minimum atomic E-state index is 0.251. The van der Waals surface area contributed by atoms with Crippen LogP contribution in [0, 0.1) is 11.8 Å². The van der Waals surface area contributed by atoms with Crippen molar-refractivity contribution in [3.8, 4) is 0 Å². The van der Waals surface area contributed by atoms with Crippen LogP contribution in [0.2, 0.25) is 0 Å². The Morgan fingerprint density at radius 1 is 1.40 bits per heavy atom. The third kappa shape index (κ3) is 3.92. The molecule has 2 N–H and O–H groups in total. The van der Waals surface area contributed by atoms with Gasteiger partial charge >= 0.3 is 0 Å². The Labute approximate surface area is 92.4 Å². The number of ketones is 1. The van der Waals surface area contributed by atoms with Crippen molar-refractivity contribution in [2.24, 2.45) is 17.6 Å². The van der Waals surface area contributed by atoms with Crippen molar-refractivity contribution in [1.29, 1.82) is 0 Å². The molecule has 15 heavy (non-hydrogen) atoms. The third-order valence-electron chi connectivity index (χ3n) is 3.35. The van der Waals surface area contributed by atoms with Crippen molar-refractivity contribution in [3.63, 3.8) is 0 Å².